The molecule has 0 radical (unpaired) electrons. The second kappa shape index (κ2) is 13.6. The molecule has 0 bridgehead atoms. The molecule has 1 aliphatic rings. The largest absolute Gasteiger partial charge is 0.481 e. The molecule has 2 aromatic heterocycles. The zero-order valence-corrected chi connectivity index (χ0v) is 25.5. The first-order valence-corrected chi connectivity index (χ1v) is 14.4. The molecular formula is C30H34F6N6O4. The van der Waals surface area contributed by atoms with Gasteiger partial charge in [-0.1, -0.05) is 13.8 Å². The molecule has 1 unspecified atom stereocenters. The summed E-state index contributed by atoms with van der Waals surface area (Å²) in [5.74, 6) is -0.639. The van der Waals surface area contributed by atoms with Crippen LogP contribution in [0.4, 0.5) is 48.6 Å². The predicted molar refractivity (Wildman–Crippen MR) is 157 cm³/mol. The van der Waals surface area contributed by atoms with Gasteiger partial charge in [0, 0.05) is 36.6 Å². The van der Waals surface area contributed by atoms with Gasteiger partial charge in [0.1, 0.15) is 5.82 Å². The van der Waals surface area contributed by atoms with Crippen molar-refractivity contribution in [1.29, 1.82) is 0 Å². The van der Waals surface area contributed by atoms with Crippen molar-refractivity contribution < 1.29 is 45.7 Å². The Kier molecular flexibility index (Phi) is 10.2. The first kappa shape index (κ1) is 34.5. The van der Waals surface area contributed by atoms with Gasteiger partial charge in [0.15, 0.2) is 0 Å². The minimum atomic E-state index is -5.04. The monoisotopic (exact) mass is 656 g/mol. The second-order valence-electron chi connectivity index (χ2n) is 10.8. The number of benzene rings is 1. The highest BCUT2D eigenvalue weighted by Gasteiger charge is 2.39. The van der Waals surface area contributed by atoms with Crippen LogP contribution in [0, 0.1) is 0 Å². The summed E-state index contributed by atoms with van der Waals surface area (Å²) in [6.45, 7) is 4.85. The maximum atomic E-state index is 13.6. The Labute approximate surface area is 260 Å². The lowest BCUT2D eigenvalue weighted by atomic mass is 9.93. The summed E-state index contributed by atoms with van der Waals surface area (Å²) < 4.78 is 92.0. The Morgan fingerprint density at radius 3 is 2.28 bits per heavy atom. The molecule has 3 atom stereocenters. The van der Waals surface area contributed by atoms with E-state index in [4.69, 9.17) is 15.2 Å². The molecule has 4 rings (SSSR count). The minimum absolute atomic E-state index is 0.0267. The Morgan fingerprint density at radius 1 is 1.09 bits per heavy atom. The van der Waals surface area contributed by atoms with Crippen molar-refractivity contribution in [3.05, 3.63) is 64.0 Å². The summed E-state index contributed by atoms with van der Waals surface area (Å²) in [5.41, 5.74) is 4.07. The van der Waals surface area contributed by atoms with E-state index in [9.17, 15) is 36.2 Å². The Hall–Kier alpha value is -4.34. The summed E-state index contributed by atoms with van der Waals surface area (Å²) in [6.07, 6.45) is -10.3. The molecule has 0 fully saturated rings. The van der Waals surface area contributed by atoms with Gasteiger partial charge >= 0.3 is 18.4 Å². The van der Waals surface area contributed by atoms with E-state index in [2.05, 4.69) is 20.3 Å². The number of aliphatic hydroxyl groups is 1. The number of halogens is 6. The van der Waals surface area contributed by atoms with E-state index in [1.54, 1.807) is 26.0 Å². The fourth-order valence-corrected chi connectivity index (χ4v) is 5.46. The third-order valence-corrected chi connectivity index (χ3v) is 7.63. The third kappa shape index (κ3) is 7.37. The highest BCUT2D eigenvalue weighted by Crippen LogP contribution is 2.41. The number of hydrogen-bond acceptors (Lipinski definition) is 9. The van der Waals surface area contributed by atoms with Crippen LogP contribution in [-0.2, 0) is 23.5 Å². The van der Waals surface area contributed by atoms with Crippen LogP contribution in [0.25, 0.3) is 0 Å². The number of rotatable bonds is 9. The van der Waals surface area contributed by atoms with Gasteiger partial charge < -0.3 is 25.6 Å². The number of pyridine rings is 1. The van der Waals surface area contributed by atoms with Crippen molar-refractivity contribution in [2.24, 2.45) is 0 Å². The normalized spacial score (nSPS) is 17.3. The van der Waals surface area contributed by atoms with Crippen LogP contribution < -0.4 is 20.7 Å². The summed E-state index contributed by atoms with van der Waals surface area (Å²) in [7, 11) is 1.42. The molecule has 3 aromatic rings. The lowest BCUT2D eigenvalue weighted by Crippen LogP contribution is -2.46. The quantitative estimate of drug-likeness (QED) is 0.221. The van der Waals surface area contributed by atoms with Crippen molar-refractivity contribution in [3.8, 4) is 5.88 Å². The van der Waals surface area contributed by atoms with E-state index in [1.165, 1.54) is 12.0 Å². The molecule has 0 aliphatic carbocycles. The van der Waals surface area contributed by atoms with Crippen molar-refractivity contribution in [2.75, 3.05) is 36.3 Å². The highest BCUT2D eigenvalue weighted by atomic mass is 19.4. The van der Waals surface area contributed by atoms with Gasteiger partial charge in [0.05, 0.1) is 48.0 Å². The molecule has 250 valence electrons. The Balaban J connectivity index is 1.81. The number of ether oxygens (including phenoxy) is 2. The van der Waals surface area contributed by atoms with E-state index in [0.717, 1.165) is 0 Å². The summed E-state index contributed by atoms with van der Waals surface area (Å²) >= 11 is 0. The van der Waals surface area contributed by atoms with Crippen LogP contribution in [-0.4, -0.2) is 52.5 Å². The van der Waals surface area contributed by atoms with Crippen LogP contribution >= 0.6 is 0 Å². The van der Waals surface area contributed by atoms with E-state index in [0.29, 0.717) is 36.4 Å². The molecule has 0 saturated heterocycles. The average Bonchev–Trinajstić information content (AvgIpc) is 2.99. The number of fused-ring (bicyclic) bond motifs is 1. The Bertz CT molecular complexity index is 1540. The van der Waals surface area contributed by atoms with Gasteiger partial charge in [-0.25, -0.2) is 14.8 Å². The number of nitrogens with zero attached hydrogens (tertiary/aromatic N) is 4. The van der Waals surface area contributed by atoms with E-state index < -0.39 is 54.6 Å². The van der Waals surface area contributed by atoms with Gasteiger partial charge in [0.25, 0.3) is 0 Å². The fourth-order valence-electron chi connectivity index (χ4n) is 5.46. The number of carbonyl (C=O) groups is 1. The maximum Gasteiger partial charge on any atom is 0.416 e. The number of alkyl halides is 6. The standard InChI is InChI=1S/C30H34F6N6O4/c1-5-19-13-21(25-22(7-8-23(40-25)45-4)42(19)28(44)46-6-2)39-27-38-20(24(15(3)14-43)26(37)41-27)11-16-9-17(29(31,32)33)12-18(10-16)30(34,35)36/h7-10,12,15,19,21,43H,5-6,11,13-14H2,1-4H3,(H3,37,38,39,41)/t15?,19-,21+/m1/s1. The first-order chi connectivity index (χ1) is 21.6. The van der Waals surface area contributed by atoms with Gasteiger partial charge in [0.2, 0.25) is 11.8 Å². The zero-order chi connectivity index (χ0) is 34.0. The van der Waals surface area contributed by atoms with Gasteiger partial charge in [-0.05, 0) is 49.6 Å². The maximum absolute atomic E-state index is 13.6. The van der Waals surface area contributed by atoms with Gasteiger partial charge in [-0.2, -0.15) is 31.3 Å². The van der Waals surface area contributed by atoms with Crippen LogP contribution in [0.3, 0.4) is 0 Å². The summed E-state index contributed by atoms with van der Waals surface area (Å²) in [6, 6.07) is 3.56. The molecule has 16 heteroatoms. The predicted octanol–water partition coefficient (Wildman–Crippen LogP) is 6.49. The number of methoxy groups -OCH3 is 1. The molecule has 1 aromatic carbocycles. The molecule has 1 aliphatic heterocycles. The third-order valence-electron chi connectivity index (χ3n) is 7.63. The van der Waals surface area contributed by atoms with Crippen molar-refractivity contribution in [3.63, 3.8) is 0 Å². The lowest BCUT2D eigenvalue weighted by Gasteiger charge is -2.39. The summed E-state index contributed by atoms with van der Waals surface area (Å²) in [4.78, 5) is 27.8. The molecule has 3 heterocycles. The molecule has 1 amide bonds. The number of anilines is 3. The number of hydrogen-bond donors (Lipinski definition) is 3. The van der Waals surface area contributed by atoms with Crippen LogP contribution in [0.15, 0.2) is 30.3 Å². The number of aromatic nitrogens is 3. The van der Waals surface area contributed by atoms with Crippen molar-refractivity contribution in [1.82, 2.24) is 15.0 Å². The zero-order valence-electron chi connectivity index (χ0n) is 25.5. The second-order valence-corrected chi connectivity index (χ2v) is 10.8. The molecule has 0 saturated carbocycles. The first-order valence-electron chi connectivity index (χ1n) is 14.4. The highest BCUT2D eigenvalue weighted by molar-refractivity contribution is 5.90. The number of carbonyl (C=O) groups excluding carboxylic acids is 1. The number of aliphatic hydroxyl groups excluding tert-OH is 1. The van der Waals surface area contributed by atoms with Crippen molar-refractivity contribution >= 4 is 23.5 Å². The minimum Gasteiger partial charge on any atom is -0.481 e. The Morgan fingerprint density at radius 2 is 1.74 bits per heavy atom. The topological polar surface area (TPSA) is 136 Å². The smallest absolute Gasteiger partial charge is 0.416 e. The lowest BCUT2D eigenvalue weighted by molar-refractivity contribution is -0.143. The number of amides is 1. The fraction of sp³-hybridized carbons (Fsp3) is 0.467. The molecule has 46 heavy (non-hydrogen) atoms. The average molecular weight is 657 g/mol. The van der Waals surface area contributed by atoms with Crippen LogP contribution in [0.5, 0.6) is 5.88 Å². The van der Waals surface area contributed by atoms with E-state index >= 15 is 0 Å². The molecule has 10 nitrogen and oxygen atoms in total. The van der Waals surface area contributed by atoms with Crippen LogP contribution in [0.2, 0.25) is 0 Å². The van der Waals surface area contributed by atoms with E-state index in [-0.39, 0.29) is 53.2 Å². The number of nitrogen functional groups attached to an aromatic ring is 1. The number of nitrogens with two attached hydrogens (primary N) is 1. The van der Waals surface area contributed by atoms with Crippen molar-refractivity contribution in [2.45, 2.75) is 70.4 Å². The SMILES string of the molecule is CCOC(=O)N1c2ccc(OC)nc2[C@@H](Nc2nc(N)c(C(C)CO)c(Cc3cc(C(F)(F)F)cc(C(F)(F)F)c3)n2)C[C@H]1CC. The van der Waals surface area contributed by atoms with E-state index in [1.807, 2.05) is 6.92 Å². The number of nitrogens with one attached hydrogen (secondary N) is 1. The molecule has 0 spiro atoms. The van der Waals surface area contributed by atoms with Gasteiger partial charge in [-0.15, -0.1) is 0 Å². The molecular weight excluding hydrogens is 622 g/mol. The summed E-state index contributed by atoms with van der Waals surface area (Å²) in [5, 5.41) is 13.0. The molecule has 4 N–H and O–H groups in total. The van der Waals surface area contributed by atoms with Gasteiger partial charge in [-0.3, -0.25) is 4.90 Å². The van der Waals surface area contributed by atoms with Crippen LogP contribution in [0.1, 0.15) is 79.2 Å².